The number of rotatable bonds is 10. The lowest BCUT2D eigenvalue weighted by Crippen LogP contribution is -2.26. The lowest BCUT2D eigenvalue weighted by molar-refractivity contribution is -0.525. The highest BCUT2D eigenvalue weighted by atomic mass is 16.6. The van der Waals surface area contributed by atoms with Gasteiger partial charge in [0.05, 0.1) is 6.61 Å². The average Bonchev–Trinajstić information content (AvgIpc) is 2.51. The molecular weight excluding hydrogens is 284 g/mol. The van der Waals surface area contributed by atoms with E-state index < -0.39 is 6.04 Å². The van der Waals surface area contributed by atoms with Gasteiger partial charge in [0, 0.05) is 23.5 Å². The van der Waals surface area contributed by atoms with Crippen LogP contribution in [0.4, 0.5) is 5.69 Å². The molecule has 0 fully saturated rings. The summed E-state index contributed by atoms with van der Waals surface area (Å²) in [5.74, 6) is -0.123. The number of carbonyl (C=O) groups is 1. The molecule has 1 N–H and O–H groups in total. The lowest BCUT2D eigenvalue weighted by atomic mass is 9.97. The Morgan fingerprint density at radius 3 is 2.50 bits per heavy atom. The van der Waals surface area contributed by atoms with Crippen molar-refractivity contribution in [3.05, 3.63) is 40.4 Å². The first kappa shape index (κ1) is 18.1. The van der Waals surface area contributed by atoms with Crippen molar-refractivity contribution in [2.45, 2.75) is 39.2 Å². The Bertz CT molecular complexity index is 464. The molecule has 0 aliphatic heterocycles. The van der Waals surface area contributed by atoms with Crippen LogP contribution < -0.4 is 5.32 Å². The molecule has 1 aromatic carbocycles. The molecule has 0 saturated heterocycles. The number of nitrogens with one attached hydrogen (secondary N) is 1. The van der Waals surface area contributed by atoms with Gasteiger partial charge in [-0.05, 0) is 18.1 Å². The van der Waals surface area contributed by atoms with E-state index in [1.165, 1.54) is 0 Å². The van der Waals surface area contributed by atoms with E-state index in [2.05, 4.69) is 5.32 Å². The number of nitro groups is 1. The summed E-state index contributed by atoms with van der Waals surface area (Å²) in [6, 6.07) is 8.62. The minimum atomic E-state index is -0.535. The van der Waals surface area contributed by atoms with E-state index in [1.807, 2.05) is 32.0 Å². The van der Waals surface area contributed by atoms with Crippen molar-refractivity contribution in [2.24, 2.45) is 5.92 Å². The first-order chi connectivity index (χ1) is 10.6. The highest BCUT2D eigenvalue weighted by Gasteiger charge is 2.22. The second-order valence-electron chi connectivity index (χ2n) is 5.29. The molecule has 0 spiro atoms. The Balaban J connectivity index is 2.31. The van der Waals surface area contributed by atoms with Crippen LogP contribution in [0.15, 0.2) is 30.3 Å². The quantitative estimate of drug-likeness (QED) is 0.532. The van der Waals surface area contributed by atoms with Gasteiger partial charge in [0.2, 0.25) is 11.9 Å². The third-order valence-electron chi connectivity index (χ3n) is 3.60. The van der Waals surface area contributed by atoms with Gasteiger partial charge in [-0.1, -0.05) is 38.5 Å². The van der Waals surface area contributed by atoms with Gasteiger partial charge in [-0.3, -0.25) is 14.9 Å². The maximum atomic E-state index is 11.7. The summed E-state index contributed by atoms with van der Waals surface area (Å²) in [6.45, 7) is 4.11. The van der Waals surface area contributed by atoms with Crippen molar-refractivity contribution in [3.63, 3.8) is 0 Å². The number of ether oxygens (including phenoxy) is 1. The predicted molar refractivity (Wildman–Crippen MR) is 85.4 cm³/mol. The molecule has 122 valence electrons. The number of hydrogen-bond acceptors (Lipinski definition) is 4. The van der Waals surface area contributed by atoms with Crippen LogP contribution in [0.5, 0.6) is 0 Å². The standard InChI is InChI=1S/C16H24N2O4/c1-3-13(10-15(4-2)18(20)21)11-22-12-16(19)17-14-8-6-5-7-9-14/h5-9,13,15H,3-4,10-12H2,1-2H3,(H,17,19). The van der Waals surface area contributed by atoms with E-state index in [0.717, 1.165) is 12.1 Å². The Morgan fingerprint density at radius 1 is 1.27 bits per heavy atom. The minimum absolute atomic E-state index is 0.0410. The molecule has 1 amide bonds. The van der Waals surface area contributed by atoms with Gasteiger partial charge in [0.15, 0.2) is 0 Å². The van der Waals surface area contributed by atoms with Crippen LogP contribution in [0, 0.1) is 16.0 Å². The zero-order valence-corrected chi connectivity index (χ0v) is 13.2. The van der Waals surface area contributed by atoms with Gasteiger partial charge >= 0.3 is 0 Å². The molecular formula is C16H24N2O4. The highest BCUT2D eigenvalue weighted by molar-refractivity contribution is 5.91. The van der Waals surface area contributed by atoms with Gasteiger partial charge in [-0.25, -0.2) is 0 Å². The molecule has 2 atom stereocenters. The molecule has 0 heterocycles. The molecule has 0 aliphatic rings. The number of para-hydroxylation sites is 1. The van der Waals surface area contributed by atoms with Gasteiger partial charge in [-0.2, -0.15) is 0 Å². The first-order valence-electron chi connectivity index (χ1n) is 7.62. The fourth-order valence-corrected chi connectivity index (χ4v) is 2.18. The maximum absolute atomic E-state index is 11.7. The number of carbonyl (C=O) groups excluding carboxylic acids is 1. The molecule has 6 heteroatoms. The highest BCUT2D eigenvalue weighted by Crippen LogP contribution is 2.16. The molecule has 22 heavy (non-hydrogen) atoms. The summed E-state index contributed by atoms with van der Waals surface area (Å²) in [5.41, 5.74) is 0.725. The van der Waals surface area contributed by atoms with Crippen LogP contribution in [0.2, 0.25) is 0 Å². The van der Waals surface area contributed by atoms with Crippen molar-refractivity contribution in [2.75, 3.05) is 18.5 Å². The van der Waals surface area contributed by atoms with Crippen LogP contribution in [-0.4, -0.2) is 30.1 Å². The lowest BCUT2D eigenvalue weighted by Gasteiger charge is -2.17. The Kier molecular flexibility index (Phi) is 8.14. The second-order valence-corrected chi connectivity index (χ2v) is 5.29. The zero-order chi connectivity index (χ0) is 16.4. The van der Waals surface area contributed by atoms with E-state index in [-0.39, 0.29) is 23.4 Å². The maximum Gasteiger partial charge on any atom is 0.250 e. The fraction of sp³-hybridized carbons (Fsp3) is 0.562. The fourth-order valence-electron chi connectivity index (χ4n) is 2.18. The predicted octanol–water partition coefficient (Wildman–Crippen LogP) is 3.11. The van der Waals surface area contributed by atoms with E-state index in [1.54, 1.807) is 12.1 Å². The topological polar surface area (TPSA) is 81.5 Å². The second kappa shape index (κ2) is 9.89. The van der Waals surface area contributed by atoms with E-state index >= 15 is 0 Å². The third kappa shape index (κ3) is 6.67. The van der Waals surface area contributed by atoms with Crippen molar-refractivity contribution >= 4 is 11.6 Å². The van der Waals surface area contributed by atoms with Gasteiger partial charge in [0.25, 0.3) is 0 Å². The smallest absolute Gasteiger partial charge is 0.250 e. The zero-order valence-electron chi connectivity index (χ0n) is 13.2. The number of amides is 1. The summed E-state index contributed by atoms with van der Waals surface area (Å²) in [5, 5.41) is 13.6. The van der Waals surface area contributed by atoms with Crippen molar-refractivity contribution in [3.8, 4) is 0 Å². The number of benzene rings is 1. The van der Waals surface area contributed by atoms with Crippen LogP contribution in [-0.2, 0) is 9.53 Å². The summed E-state index contributed by atoms with van der Waals surface area (Å²) in [6.07, 6.45) is 1.79. The minimum Gasteiger partial charge on any atom is -0.371 e. The molecule has 1 aromatic rings. The monoisotopic (exact) mass is 308 g/mol. The summed E-state index contributed by atoms with van der Waals surface area (Å²) in [7, 11) is 0. The molecule has 0 radical (unpaired) electrons. The van der Waals surface area contributed by atoms with Gasteiger partial charge in [0.1, 0.15) is 6.61 Å². The SMILES string of the molecule is CCC(COCC(=O)Nc1ccccc1)CC(CC)[N+](=O)[O-]. The van der Waals surface area contributed by atoms with Crippen molar-refractivity contribution < 1.29 is 14.5 Å². The van der Waals surface area contributed by atoms with Crippen LogP contribution >= 0.6 is 0 Å². The van der Waals surface area contributed by atoms with E-state index in [0.29, 0.717) is 19.4 Å². The Morgan fingerprint density at radius 2 is 1.95 bits per heavy atom. The van der Waals surface area contributed by atoms with E-state index in [9.17, 15) is 14.9 Å². The molecule has 0 saturated carbocycles. The molecule has 0 bridgehead atoms. The molecule has 0 aromatic heterocycles. The van der Waals surface area contributed by atoms with E-state index in [4.69, 9.17) is 4.74 Å². The normalized spacial score (nSPS) is 13.4. The number of anilines is 1. The van der Waals surface area contributed by atoms with Crippen LogP contribution in [0.25, 0.3) is 0 Å². The molecule has 1 rings (SSSR count). The average molecular weight is 308 g/mol. The van der Waals surface area contributed by atoms with Crippen LogP contribution in [0.3, 0.4) is 0 Å². The molecule has 6 nitrogen and oxygen atoms in total. The van der Waals surface area contributed by atoms with Crippen molar-refractivity contribution in [1.82, 2.24) is 0 Å². The summed E-state index contributed by atoms with van der Waals surface area (Å²) in [4.78, 5) is 22.4. The van der Waals surface area contributed by atoms with Gasteiger partial charge < -0.3 is 10.1 Å². The Hall–Kier alpha value is -1.95. The molecule has 0 aliphatic carbocycles. The van der Waals surface area contributed by atoms with Crippen LogP contribution in [0.1, 0.15) is 33.1 Å². The summed E-state index contributed by atoms with van der Waals surface area (Å²) < 4.78 is 5.41. The first-order valence-corrected chi connectivity index (χ1v) is 7.62. The number of hydrogen-bond donors (Lipinski definition) is 1. The van der Waals surface area contributed by atoms with Crippen molar-refractivity contribution in [1.29, 1.82) is 0 Å². The number of nitrogens with zero attached hydrogens (tertiary/aromatic N) is 1. The third-order valence-corrected chi connectivity index (χ3v) is 3.60. The largest absolute Gasteiger partial charge is 0.371 e. The Labute approximate surface area is 131 Å². The summed E-state index contributed by atoms with van der Waals surface area (Å²) >= 11 is 0. The van der Waals surface area contributed by atoms with Gasteiger partial charge in [-0.15, -0.1) is 0 Å². The molecule has 2 unspecified atom stereocenters.